The third-order valence-electron chi connectivity index (χ3n) is 4.53. The van der Waals surface area contributed by atoms with Crippen LogP contribution in [0.5, 0.6) is 0 Å². The molecule has 0 radical (unpaired) electrons. The normalized spacial score (nSPS) is 15.7. The van der Waals surface area contributed by atoms with E-state index in [0.717, 1.165) is 18.4 Å². The zero-order valence-electron chi connectivity index (χ0n) is 17.2. The van der Waals surface area contributed by atoms with Gasteiger partial charge in [0.1, 0.15) is 5.60 Å². The van der Waals surface area contributed by atoms with Crippen molar-refractivity contribution in [2.45, 2.75) is 59.0 Å². The Hall–Kier alpha value is -2.24. The number of likely N-dealkylation sites (tertiary alicyclic amines) is 1. The average molecular weight is 376 g/mol. The van der Waals surface area contributed by atoms with E-state index < -0.39 is 5.60 Å². The highest BCUT2D eigenvalue weighted by molar-refractivity contribution is 5.95. The topological polar surface area (TPSA) is 84.7 Å². The molecule has 6 heteroatoms. The predicted molar refractivity (Wildman–Crippen MR) is 108 cm³/mol. The summed E-state index contributed by atoms with van der Waals surface area (Å²) < 4.78 is 5.45. The summed E-state index contributed by atoms with van der Waals surface area (Å²) >= 11 is 0. The van der Waals surface area contributed by atoms with Crippen molar-refractivity contribution < 1.29 is 14.3 Å². The van der Waals surface area contributed by atoms with Gasteiger partial charge in [0, 0.05) is 30.9 Å². The number of nitrogen functional groups attached to an aromatic ring is 1. The van der Waals surface area contributed by atoms with E-state index in [0.29, 0.717) is 36.8 Å². The second-order valence-electron chi connectivity index (χ2n) is 8.73. The number of anilines is 1. The lowest BCUT2D eigenvalue weighted by atomic mass is 9.88. The lowest BCUT2D eigenvalue weighted by Gasteiger charge is -2.33. The summed E-state index contributed by atoms with van der Waals surface area (Å²) in [6.45, 7) is 11.7. The fourth-order valence-corrected chi connectivity index (χ4v) is 3.16. The maximum atomic E-state index is 12.4. The number of rotatable bonds is 4. The second kappa shape index (κ2) is 8.63. The molecule has 0 atom stereocenters. The molecule has 2 amide bonds. The van der Waals surface area contributed by atoms with Crippen LogP contribution >= 0.6 is 0 Å². The van der Waals surface area contributed by atoms with Crippen molar-refractivity contribution in [2.75, 3.05) is 25.4 Å². The zero-order chi connectivity index (χ0) is 20.2. The Morgan fingerprint density at radius 1 is 1.22 bits per heavy atom. The minimum atomic E-state index is -0.486. The first-order valence-electron chi connectivity index (χ1n) is 9.71. The highest BCUT2D eigenvalue weighted by atomic mass is 16.6. The Kier molecular flexibility index (Phi) is 6.73. The van der Waals surface area contributed by atoms with Gasteiger partial charge < -0.3 is 20.7 Å². The molecule has 0 unspecified atom stereocenters. The standard InChI is InChI=1S/C21H33N3O3/c1-14(2)13-23-19(25)17-10-16(11-18(22)12-17)15-6-8-24(9-7-15)20(26)27-21(3,4)5/h10-12,14-15H,6-9,13,22H2,1-5H3,(H,23,25). The Morgan fingerprint density at radius 2 is 1.85 bits per heavy atom. The van der Waals surface area contributed by atoms with Gasteiger partial charge in [0.15, 0.2) is 0 Å². The number of benzene rings is 1. The molecule has 150 valence electrons. The third-order valence-corrected chi connectivity index (χ3v) is 4.53. The van der Waals surface area contributed by atoms with Gasteiger partial charge in [0.2, 0.25) is 0 Å². The van der Waals surface area contributed by atoms with Gasteiger partial charge in [-0.1, -0.05) is 13.8 Å². The highest BCUT2D eigenvalue weighted by Crippen LogP contribution is 2.30. The van der Waals surface area contributed by atoms with E-state index >= 15 is 0 Å². The van der Waals surface area contributed by atoms with Crippen LogP contribution in [0.15, 0.2) is 18.2 Å². The number of nitrogens with one attached hydrogen (secondary N) is 1. The summed E-state index contributed by atoms with van der Waals surface area (Å²) in [5.41, 5.74) is 7.81. The van der Waals surface area contributed by atoms with Crippen LogP contribution < -0.4 is 11.1 Å². The largest absolute Gasteiger partial charge is 0.444 e. The van der Waals surface area contributed by atoms with E-state index in [1.165, 1.54) is 0 Å². The first-order chi connectivity index (χ1) is 12.5. The molecule has 0 saturated carbocycles. The van der Waals surface area contributed by atoms with Crippen molar-refractivity contribution in [2.24, 2.45) is 5.92 Å². The monoisotopic (exact) mass is 375 g/mol. The molecule has 0 aliphatic carbocycles. The molecular weight excluding hydrogens is 342 g/mol. The maximum Gasteiger partial charge on any atom is 0.410 e. The van der Waals surface area contributed by atoms with Crippen LogP contribution in [0.4, 0.5) is 10.5 Å². The van der Waals surface area contributed by atoms with Gasteiger partial charge in [-0.15, -0.1) is 0 Å². The molecule has 1 aliphatic heterocycles. The Balaban J connectivity index is 2.01. The summed E-state index contributed by atoms with van der Waals surface area (Å²) in [4.78, 5) is 26.3. The molecule has 1 aromatic carbocycles. The van der Waals surface area contributed by atoms with Gasteiger partial charge >= 0.3 is 6.09 Å². The van der Waals surface area contributed by atoms with Gasteiger partial charge in [-0.2, -0.15) is 0 Å². The van der Waals surface area contributed by atoms with Crippen LogP contribution in [0.2, 0.25) is 0 Å². The number of ether oxygens (including phenoxy) is 1. The molecule has 3 N–H and O–H groups in total. The first-order valence-corrected chi connectivity index (χ1v) is 9.71. The van der Waals surface area contributed by atoms with Crippen LogP contribution in [0.3, 0.4) is 0 Å². The van der Waals surface area contributed by atoms with Gasteiger partial charge in [-0.3, -0.25) is 4.79 Å². The van der Waals surface area contributed by atoms with Gasteiger partial charge in [-0.05, 0) is 69.2 Å². The molecule has 1 heterocycles. The molecule has 1 saturated heterocycles. The van der Waals surface area contributed by atoms with Crippen LogP contribution in [0, 0.1) is 5.92 Å². The zero-order valence-corrected chi connectivity index (χ0v) is 17.2. The van der Waals surface area contributed by atoms with E-state index in [9.17, 15) is 9.59 Å². The van der Waals surface area contributed by atoms with E-state index in [1.807, 2.05) is 32.9 Å². The summed E-state index contributed by atoms with van der Waals surface area (Å²) in [6.07, 6.45) is 1.40. The van der Waals surface area contributed by atoms with Gasteiger partial charge in [0.25, 0.3) is 5.91 Å². The fraction of sp³-hybridized carbons (Fsp3) is 0.619. The van der Waals surface area contributed by atoms with E-state index in [-0.39, 0.29) is 17.9 Å². The number of piperidine rings is 1. The minimum absolute atomic E-state index is 0.0940. The quantitative estimate of drug-likeness (QED) is 0.785. The summed E-state index contributed by atoms with van der Waals surface area (Å²) in [5.74, 6) is 0.582. The summed E-state index contributed by atoms with van der Waals surface area (Å²) in [6, 6.07) is 5.59. The molecule has 0 spiro atoms. The molecule has 2 rings (SSSR count). The number of nitrogens with two attached hydrogens (primary N) is 1. The van der Waals surface area contributed by atoms with Crippen LogP contribution in [-0.2, 0) is 4.74 Å². The number of carbonyl (C=O) groups excluding carboxylic acids is 2. The number of amides is 2. The van der Waals surface area contributed by atoms with Crippen molar-refractivity contribution >= 4 is 17.7 Å². The lowest BCUT2D eigenvalue weighted by Crippen LogP contribution is -2.41. The number of carbonyl (C=O) groups is 2. The third kappa shape index (κ3) is 6.45. The molecular formula is C21H33N3O3. The van der Waals surface area contributed by atoms with Crippen molar-refractivity contribution in [1.29, 1.82) is 0 Å². The molecule has 1 fully saturated rings. The number of hydrogen-bond acceptors (Lipinski definition) is 4. The average Bonchev–Trinajstić information content (AvgIpc) is 2.57. The summed E-state index contributed by atoms with van der Waals surface area (Å²) in [7, 11) is 0. The molecule has 27 heavy (non-hydrogen) atoms. The first kappa shape index (κ1) is 21.1. The highest BCUT2D eigenvalue weighted by Gasteiger charge is 2.28. The Labute approximate surface area is 162 Å². The van der Waals surface area contributed by atoms with Crippen molar-refractivity contribution in [3.05, 3.63) is 29.3 Å². The Bertz CT molecular complexity index is 672. The second-order valence-corrected chi connectivity index (χ2v) is 8.73. The van der Waals surface area contributed by atoms with Crippen molar-refractivity contribution in [1.82, 2.24) is 10.2 Å². The molecule has 0 aromatic heterocycles. The molecule has 0 bridgehead atoms. The van der Waals surface area contributed by atoms with Crippen LogP contribution in [-0.4, -0.2) is 42.1 Å². The van der Waals surface area contributed by atoms with Crippen LogP contribution in [0.1, 0.15) is 69.3 Å². The minimum Gasteiger partial charge on any atom is -0.444 e. The fourth-order valence-electron chi connectivity index (χ4n) is 3.16. The van der Waals surface area contributed by atoms with E-state index in [4.69, 9.17) is 10.5 Å². The predicted octanol–water partition coefficient (Wildman–Crippen LogP) is 3.77. The number of hydrogen-bond donors (Lipinski definition) is 2. The Morgan fingerprint density at radius 3 is 2.41 bits per heavy atom. The van der Waals surface area contributed by atoms with Gasteiger partial charge in [0.05, 0.1) is 0 Å². The van der Waals surface area contributed by atoms with Crippen molar-refractivity contribution in [3.8, 4) is 0 Å². The maximum absolute atomic E-state index is 12.4. The molecule has 6 nitrogen and oxygen atoms in total. The molecule has 1 aromatic rings. The number of nitrogens with zero attached hydrogens (tertiary/aromatic N) is 1. The van der Waals surface area contributed by atoms with E-state index in [1.54, 1.807) is 11.0 Å². The smallest absolute Gasteiger partial charge is 0.410 e. The van der Waals surface area contributed by atoms with E-state index in [2.05, 4.69) is 19.2 Å². The van der Waals surface area contributed by atoms with Gasteiger partial charge in [-0.25, -0.2) is 4.79 Å². The summed E-state index contributed by atoms with van der Waals surface area (Å²) in [5, 5.41) is 2.94. The van der Waals surface area contributed by atoms with Crippen LogP contribution in [0.25, 0.3) is 0 Å². The SMILES string of the molecule is CC(C)CNC(=O)c1cc(N)cc(C2CCN(C(=O)OC(C)(C)C)CC2)c1. The molecule has 1 aliphatic rings. The lowest BCUT2D eigenvalue weighted by molar-refractivity contribution is 0.0205. The van der Waals surface area contributed by atoms with Crippen molar-refractivity contribution in [3.63, 3.8) is 0 Å².